The second-order valence-corrected chi connectivity index (χ2v) is 4.77. The number of carbonyl (C=O) groups excluding carboxylic acids is 1. The van der Waals surface area contributed by atoms with Crippen LogP contribution in [-0.2, 0) is 0 Å². The van der Waals surface area contributed by atoms with Crippen molar-refractivity contribution in [3.8, 4) is 0 Å². The fraction of sp³-hybridized carbons (Fsp3) is 0.333. The third-order valence-electron chi connectivity index (χ3n) is 2.43. The zero-order chi connectivity index (χ0) is 11.7. The summed E-state index contributed by atoms with van der Waals surface area (Å²) in [4.78, 5) is 17.9. The van der Waals surface area contributed by atoms with Crippen molar-refractivity contribution in [3.05, 3.63) is 28.5 Å². The van der Waals surface area contributed by atoms with Crippen LogP contribution in [0.3, 0.4) is 0 Å². The van der Waals surface area contributed by atoms with Crippen LogP contribution in [0.1, 0.15) is 30.6 Å². The Morgan fingerprint density at radius 2 is 2.00 bits per heavy atom. The molecular weight excluding hydrogens is 220 g/mol. The normalized spacial score (nSPS) is 11.2. The Morgan fingerprint density at radius 3 is 2.69 bits per heavy atom. The second-order valence-electron chi connectivity index (χ2n) is 4.36. The van der Waals surface area contributed by atoms with E-state index in [0.717, 1.165) is 16.6 Å². The number of aromatic amines is 2. The Bertz CT molecular complexity index is 580. The van der Waals surface area contributed by atoms with Crippen molar-refractivity contribution in [2.45, 2.75) is 20.3 Å². The van der Waals surface area contributed by atoms with E-state index in [1.165, 1.54) is 0 Å². The van der Waals surface area contributed by atoms with Crippen LogP contribution in [0.4, 0.5) is 0 Å². The van der Waals surface area contributed by atoms with E-state index in [1.807, 2.05) is 32.0 Å². The molecule has 0 fully saturated rings. The molecule has 0 aliphatic heterocycles. The van der Waals surface area contributed by atoms with Gasteiger partial charge in [0, 0.05) is 12.0 Å². The maximum Gasteiger partial charge on any atom is 0.175 e. The number of benzene rings is 1. The van der Waals surface area contributed by atoms with Crippen molar-refractivity contribution in [1.29, 1.82) is 0 Å². The molecule has 3 nitrogen and oxygen atoms in total. The van der Waals surface area contributed by atoms with Crippen LogP contribution < -0.4 is 0 Å². The first-order chi connectivity index (χ1) is 7.56. The minimum absolute atomic E-state index is 0.178. The van der Waals surface area contributed by atoms with Gasteiger partial charge in [0.25, 0.3) is 0 Å². The van der Waals surface area contributed by atoms with Gasteiger partial charge in [0.05, 0.1) is 11.0 Å². The predicted octanol–water partition coefficient (Wildman–Crippen LogP) is 3.45. The van der Waals surface area contributed by atoms with Gasteiger partial charge < -0.3 is 9.97 Å². The first kappa shape index (κ1) is 11.1. The predicted molar refractivity (Wildman–Crippen MR) is 67.3 cm³/mol. The number of rotatable bonds is 3. The molecule has 0 aliphatic carbocycles. The highest BCUT2D eigenvalue weighted by molar-refractivity contribution is 7.71. The Hall–Kier alpha value is -1.42. The van der Waals surface area contributed by atoms with Crippen molar-refractivity contribution in [1.82, 2.24) is 9.97 Å². The molecule has 84 valence electrons. The Balaban J connectivity index is 2.38. The first-order valence-electron chi connectivity index (χ1n) is 5.31. The van der Waals surface area contributed by atoms with E-state index in [4.69, 9.17) is 12.2 Å². The van der Waals surface area contributed by atoms with Crippen LogP contribution in [0.25, 0.3) is 11.0 Å². The minimum Gasteiger partial charge on any atom is -0.331 e. The number of H-pyrrole nitrogens is 2. The van der Waals surface area contributed by atoms with Gasteiger partial charge in [-0.05, 0) is 36.3 Å². The Morgan fingerprint density at radius 1 is 1.31 bits per heavy atom. The fourth-order valence-electron chi connectivity index (χ4n) is 1.69. The van der Waals surface area contributed by atoms with E-state index in [0.29, 0.717) is 17.1 Å². The maximum absolute atomic E-state index is 11.9. The van der Waals surface area contributed by atoms with Crippen molar-refractivity contribution in [3.63, 3.8) is 0 Å². The number of hydrogen-bond donors (Lipinski definition) is 2. The molecule has 2 N–H and O–H groups in total. The van der Waals surface area contributed by atoms with Crippen molar-refractivity contribution < 1.29 is 4.79 Å². The van der Waals surface area contributed by atoms with Crippen molar-refractivity contribution >= 4 is 29.0 Å². The maximum atomic E-state index is 11.9. The van der Waals surface area contributed by atoms with Crippen LogP contribution in [0.15, 0.2) is 18.2 Å². The van der Waals surface area contributed by atoms with Gasteiger partial charge in [0.2, 0.25) is 0 Å². The largest absolute Gasteiger partial charge is 0.331 e. The number of carbonyl (C=O) groups is 1. The molecular formula is C12H14N2OS. The van der Waals surface area contributed by atoms with E-state index in [9.17, 15) is 4.79 Å². The van der Waals surface area contributed by atoms with Gasteiger partial charge in [-0.3, -0.25) is 4.79 Å². The SMILES string of the molecule is CC(C)CC(=O)c1ccc2[nH]c(=S)[nH]c2c1. The van der Waals surface area contributed by atoms with E-state index >= 15 is 0 Å². The first-order valence-corrected chi connectivity index (χ1v) is 5.72. The van der Waals surface area contributed by atoms with Gasteiger partial charge in [-0.25, -0.2) is 0 Å². The van der Waals surface area contributed by atoms with E-state index in [-0.39, 0.29) is 5.78 Å². The summed E-state index contributed by atoms with van der Waals surface area (Å²) in [6, 6.07) is 5.58. The monoisotopic (exact) mass is 234 g/mol. The van der Waals surface area contributed by atoms with Crippen LogP contribution in [0, 0.1) is 10.7 Å². The molecule has 1 heterocycles. The smallest absolute Gasteiger partial charge is 0.175 e. The molecule has 0 saturated heterocycles. The quantitative estimate of drug-likeness (QED) is 0.631. The number of hydrogen-bond acceptors (Lipinski definition) is 2. The highest BCUT2D eigenvalue weighted by atomic mass is 32.1. The highest BCUT2D eigenvalue weighted by Crippen LogP contribution is 2.15. The molecule has 2 aromatic rings. The van der Waals surface area contributed by atoms with Gasteiger partial charge >= 0.3 is 0 Å². The number of nitrogens with one attached hydrogen (secondary N) is 2. The van der Waals surface area contributed by atoms with Crippen LogP contribution in [-0.4, -0.2) is 15.8 Å². The minimum atomic E-state index is 0.178. The van der Waals surface area contributed by atoms with Crippen molar-refractivity contribution in [2.75, 3.05) is 0 Å². The summed E-state index contributed by atoms with van der Waals surface area (Å²) >= 11 is 5.00. The lowest BCUT2D eigenvalue weighted by Gasteiger charge is -2.03. The average Bonchev–Trinajstić information content (AvgIpc) is 2.55. The van der Waals surface area contributed by atoms with Gasteiger partial charge in [-0.1, -0.05) is 13.8 Å². The molecule has 4 heteroatoms. The number of fused-ring (bicyclic) bond motifs is 1. The zero-order valence-corrected chi connectivity index (χ0v) is 10.1. The van der Waals surface area contributed by atoms with Crippen molar-refractivity contribution in [2.24, 2.45) is 5.92 Å². The molecule has 0 spiro atoms. The average molecular weight is 234 g/mol. The number of Topliss-reactive ketones (excluding diaryl/α,β-unsaturated/α-hetero) is 1. The lowest BCUT2D eigenvalue weighted by Crippen LogP contribution is -2.03. The topological polar surface area (TPSA) is 48.6 Å². The summed E-state index contributed by atoms with van der Waals surface area (Å²) in [5, 5.41) is 0. The van der Waals surface area contributed by atoms with E-state index in [1.54, 1.807) is 0 Å². The standard InChI is InChI=1S/C12H14N2OS/c1-7(2)5-11(15)8-3-4-9-10(6-8)14-12(16)13-9/h3-4,6-7H,5H2,1-2H3,(H2,13,14,16). The number of aromatic nitrogens is 2. The molecule has 0 atom stereocenters. The Kier molecular flexibility index (Phi) is 2.92. The molecule has 0 unspecified atom stereocenters. The van der Waals surface area contributed by atoms with Crippen LogP contribution in [0.5, 0.6) is 0 Å². The lowest BCUT2D eigenvalue weighted by molar-refractivity contribution is 0.0968. The molecule has 1 aromatic heterocycles. The molecule has 0 bridgehead atoms. The summed E-state index contributed by atoms with van der Waals surface area (Å²) in [6.45, 7) is 4.08. The summed E-state index contributed by atoms with van der Waals surface area (Å²) in [5.41, 5.74) is 2.57. The van der Waals surface area contributed by atoms with E-state index < -0.39 is 0 Å². The molecule has 0 saturated carbocycles. The molecule has 2 rings (SSSR count). The molecule has 0 amide bonds. The molecule has 0 radical (unpaired) electrons. The van der Waals surface area contributed by atoms with Gasteiger partial charge in [-0.15, -0.1) is 0 Å². The molecule has 1 aromatic carbocycles. The summed E-state index contributed by atoms with van der Waals surface area (Å²) in [5.74, 6) is 0.560. The number of imidazole rings is 1. The van der Waals surface area contributed by atoms with E-state index in [2.05, 4.69) is 9.97 Å². The summed E-state index contributed by atoms with van der Waals surface area (Å²) in [6.07, 6.45) is 0.580. The van der Waals surface area contributed by atoms with Gasteiger partial charge in [0.15, 0.2) is 10.6 Å². The third-order valence-corrected chi connectivity index (χ3v) is 2.64. The molecule has 0 aliphatic rings. The van der Waals surface area contributed by atoms with Gasteiger partial charge in [0.1, 0.15) is 0 Å². The lowest BCUT2D eigenvalue weighted by atomic mass is 10.0. The summed E-state index contributed by atoms with van der Waals surface area (Å²) in [7, 11) is 0. The van der Waals surface area contributed by atoms with Crippen LogP contribution in [0.2, 0.25) is 0 Å². The number of ketones is 1. The summed E-state index contributed by atoms with van der Waals surface area (Å²) < 4.78 is 0.587. The third kappa shape index (κ3) is 2.22. The highest BCUT2D eigenvalue weighted by Gasteiger charge is 2.09. The van der Waals surface area contributed by atoms with Crippen LogP contribution >= 0.6 is 12.2 Å². The fourth-order valence-corrected chi connectivity index (χ4v) is 1.91. The zero-order valence-electron chi connectivity index (χ0n) is 9.33. The van der Waals surface area contributed by atoms with Gasteiger partial charge in [-0.2, -0.15) is 0 Å². The molecule has 16 heavy (non-hydrogen) atoms. The second kappa shape index (κ2) is 4.22. The Labute approximate surface area is 98.9 Å².